The molecule has 8 heteroatoms. The van der Waals surface area contributed by atoms with Crippen LogP contribution in [0.4, 0.5) is 0 Å². The molecule has 0 heterocycles. The van der Waals surface area contributed by atoms with Crippen LogP contribution in [-0.2, 0) is 27.3 Å². The summed E-state index contributed by atoms with van der Waals surface area (Å²) in [5.74, 6) is 1.36. The van der Waals surface area contributed by atoms with E-state index in [1.807, 2.05) is 0 Å². The summed E-state index contributed by atoms with van der Waals surface area (Å²) in [4.78, 5) is 23.9. The molecular weight excluding hydrogens is 378 g/mol. The van der Waals surface area contributed by atoms with Crippen LogP contribution in [0.5, 0.6) is 23.0 Å². The largest absolute Gasteiger partial charge is 0.497 e. The quantitative estimate of drug-likeness (QED) is 0.608. The normalized spacial score (nSPS) is 10.1. The number of carbonyl (C=O) groups excluding carboxylic acids is 2. The molecule has 0 bridgehead atoms. The summed E-state index contributed by atoms with van der Waals surface area (Å²) in [7, 11) is 6.14. The van der Waals surface area contributed by atoms with Gasteiger partial charge in [-0.1, -0.05) is 12.1 Å². The molecule has 2 aromatic rings. The van der Waals surface area contributed by atoms with Gasteiger partial charge in [0.25, 0.3) is 5.91 Å². The molecule has 1 amide bonds. The molecule has 29 heavy (non-hydrogen) atoms. The van der Waals surface area contributed by atoms with Crippen LogP contribution in [0.25, 0.3) is 0 Å². The smallest absolute Gasteiger partial charge is 0.310 e. The molecule has 0 fully saturated rings. The first kappa shape index (κ1) is 21.9. The van der Waals surface area contributed by atoms with Crippen LogP contribution >= 0.6 is 0 Å². The number of rotatable bonds is 10. The van der Waals surface area contributed by atoms with Gasteiger partial charge in [0.2, 0.25) is 0 Å². The van der Waals surface area contributed by atoms with Crippen molar-refractivity contribution < 1.29 is 33.3 Å². The Morgan fingerprint density at radius 3 is 2.03 bits per heavy atom. The third kappa shape index (κ3) is 6.31. The van der Waals surface area contributed by atoms with Crippen molar-refractivity contribution in [1.29, 1.82) is 0 Å². The molecule has 0 radical (unpaired) electrons. The molecule has 0 saturated carbocycles. The first-order valence-corrected chi connectivity index (χ1v) is 8.84. The number of ether oxygens (including phenoxy) is 5. The summed E-state index contributed by atoms with van der Waals surface area (Å²) < 4.78 is 25.9. The van der Waals surface area contributed by atoms with E-state index in [4.69, 9.17) is 23.7 Å². The van der Waals surface area contributed by atoms with Gasteiger partial charge >= 0.3 is 5.97 Å². The first-order chi connectivity index (χ1) is 14.0. The van der Waals surface area contributed by atoms with Crippen molar-refractivity contribution in [3.05, 3.63) is 47.5 Å². The highest BCUT2D eigenvalue weighted by Crippen LogP contribution is 2.34. The van der Waals surface area contributed by atoms with Crippen LogP contribution < -0.4 is 24.3 Å². The first-order valence-electron chi connectivity index (χ1n) is 8.84. The molecule has 0 unspecified atom stereocenters. The van der Waals surface area contributed by atoms with Crippen LogP contribution in [0.3, 0.4) is 0 Å². The zero-order valence-corrected chi connectivity index (χ0v) is 16.9. The van der Waals surface area contributed by atoms with Crippen molar-refractivity contribution in [1.82, 2.24) is 5.32 Å². The third-order valence-corrected chi connectivity index (χ3v) is 4.13. The van der Waals surface area contributed by atoms with Crippen LogP contribution in [0.2, 0.25) is 0 Å². The van der Waals surface area contributed by atoms with Gasteiger partial charge in [-0.2, -0.15) is 0 Å². The van der Waals surface area contributed by atoms with Crippen molar-refractivity contribution in [3.8, 4) is 23.0 Å². The maximum absolute atomic E-state index is 12.0. The Kier molecular flexibility index (Phi) is 8.14. The second-order valence-electron chi connectivity index (χ2n) is 5.98. The van der Waals surface area contributed by atoms with E-state index in [1.165, 1.54) is 21.3 Å². The average Bonchev–Trinajstić information content (AvgIpc) is 2.76. The number of hydrogen-bond donors (Lipinski definition) is 1. The highest BCUT2D eigenvalue weighted by molar-refractivity contribution is 5.81. The van der Waals surface area contributed by atoms with Crippen molar-refractivity contribution >= 4 is 11.9 Å². The van der Waals surface area contributed by atoms with Crippen LogP contribution in [0, 0.1) is 0 Å². The summed E-state index contributed by atoms with van der Waals surface area (Å²) >= 11 is 0. The zero-order valence-electron chi connectivity index (χ0n) is 16.9. The number of carbonyl (C=O) groups is 2. The van der Waals surface area contributed by atoms with E-state index >= 15 is 0 Å². The van der Waals surface area contributed by atoms with Gasteiger partial charge in [-0.05, 0) is 23.8 Å². The monoisotopic (exact) mass is 403 g/mol. The molecule has 2 aromatic carbocycles. The Morgan fingerprint density at radius 2 is 1.45 bits per heavy atom. The fourth-order valence-electron chi connectivity index (χ4n) is 2.58. The molecule has 0 aromatic heterocycles. The highest BCUT2D eigenvalue weighted by Gasteiger charge is 2.14. The second-order valence-corrected chi connectivity index (χ2v) is 5.98. The van der Waals surface area contributed by atoms with Gasteiger partial charge in [-0.3, -0.25) is 9.59 Å². The summed E-state index contributed by atoms with van der Waals surface area (Å²) in [6.45, 7) is -0.191. The minimum absolute atomic E-state index is 0.0702. The van der Waals surface area contributed by atoms with E-state index < -0.39 is 11.9 Å². The van der Waals surface area contributed by atoms with Gasteiger partial charge < -0.3 is 29.0 Å². The standard InChI is InChI=1S/C21H25NO7/c1-25-16-7-5-14(6-8-16)9-21(24)29-13-20(23)22-12-15-10-18(27-3)19(28-4)11-17(15)26-2/h5-8,10-11H,9,12-13H2,1-4H3,(H,22,23). The van der Waals surface area contributed by atoms with E-state index in [-0.39, 0.29) is 19.6 Å². The van der Waals surface area contributed by atoms with E-state index in [0.29, 0.717) is 28.6 Å². The summed E-state index contributed by atoms with van der Waals surface area (Å²) in [6.07, 6.45) is 0.0702. The van der Waals surface area contributed by atoms with Crippen molar-refractivity contribution in [2.45, 2.75) is 13.0 Å². The van der Waals surface area contributed by atoms with Gasteiger partial charge in [-0.25, -0.2) is 0 Å². The van der Waals surface area contributed by atoms with Crippen LogP contribution in [0.1, 0.15) is 11.1 Å². The van der Waals surface area contributed by atoms with Crippen molar-refractivity contribution in [2.75, 3.05) is 35.0 Å². The van der Waals surface area contributed by atoms with Crippen molar-refractivity contribution in [3.63, 3.8) is 0 Å². The summed E-state index contributed by atoms with van der Waals surface area (Å²) in [5, 5.41) is 2.69. The topological polar surface area (TPSA) is 92.3 Å². The Labute approximate surface area is 169 Å². The molecule has 0 aliphatic rings. The number of esters is 1. The van der Waals surface area contributed by atoms with Gasteiger partial charge in [0.1, 0.15) is 11.5 Å². The van der Waals surface area contributed by atoms with Crippen LogP contribution in [0.15, 0.2) is 36.4 Å². The van der Waals surface area contributed by atoms with Gasteiger partial charge in [0.15, 0.2) is 18.1 Å². The Bertz CT molecular complexity index is 834. The highest BCUT2D eigenvalue weighted by atomic mass is 16.5. The number of methoxy groups -OCH3 is 4. The second kappa shape index (κ2) is 10.8. The molecule has 156 valence electrons. The predicted molar refractivity (Wildman–Crippen MR) is 106 cm³/mol. The fourth-order valence-corrected chi connectivity index (χ4v) is 2.58. The fraction of sp³-hybridized carbons (Fsp3) is 0.333. The lowest BCUT2D eigenvalue weighted by Crippen LogP contribution is -2.28. The number of amides is 1. The van der Waals surface area contributed by atoms with Crippen molar-refractivity contribution in [2.24, 2.45) is 0 Å². The maximum Gasteiger partial charge on any atom is 0.310 e. The molecule has 0 spiro atoms. The van der Waals surface area contributed by atoms with Gasteiger partial charge in [0, 0.05) is 18.2 Å². The number of nitrogens with one attached hydrogen (secondary N) is 1. The molecule has 0 saturated heterocycles. The van der Waals surface area contributed by atoms with E-state index in [2.05, 4.69) is 5.32 Å². The minimum Gasteiger partial charge on any atom is -0.497 e. The molecule has 8 nitrogen and oxygen atoms in total. The van der Waals surface area contributed by atoms with E-state index in [1.54, 1.807) is 43.5 Å². The lowest BCUT2D eigenvalue weighted by Gasteiger charge is -2.14. The van der Waals surface area contributed by atoms with Gasteiger partial charge in [0.05, 0.1) is 34.9 Å². The molecule has 0 aliphatic carbocycles. The molecule has 1 N–H and O–H groups in total. The van der Waals surface area contributed by atoms with E-state index in [9.17, 15) is 9.59 Å². The Morgan fingerprint density at radius 1 is 0.828 bits per heavy atom. The Hall–Kier alpha value is -3.42. The lowest BCUT2D eigenvalue weighted by atomic mass is 10.1. The van der Waals surface area contributed by atoms with Crippen LogP contribution in [-0.4, -0.2) is 46.9 Å². The summed E-state index contributed by atoms with van der Waals surface area (Å²) in [5.41, 5.74) is 1.47. The third-order valence-electron chi connectivity index (χ3n) is 4.13. The minimum atomic E-state index is -0.492. The lowest BCUT2D eigenvalue weighted by molar-refractivity contribution is -0.147. The molecular formula is C21H25NO7. The SMILES string of the molecule is COc1ccc(CC(=O)OCC(=O)NCc2cc(OC)c(OC)cc2OC)cc1. The van der Waals surface area contributed by atoms with E-state index in [0.717, 1.165) is 5.56 Å². The molecule has 0 atom stereocenters. The number of hydrogen-bond acceptors (Lipinski definition) is 7. The van der Waals surface area contributed by atoms with Gasteiger partial charge in [-0.15, -0.1) is 0 Å². The predicted octanol–water partition coefficient (Wildman–Crippen LogP) is 2.12. The average molecular weight is 403 g/mol. The zero-order chi connectivity index (χ0) is 21.2. The number of benzene rings is 2. The Balaban J connectivity index is 1.85. The maximum atomic E-state index is 12.0. The summed E-state index contributed by atoms with van der Waals surface area (Å²) in [6, 6.07) is 10.4. The molecule has 0 aliphatic heterocycles. The molecule has 2 rings (SSSR count).